The van der Waals surface area contributed by atoms with Crippen LogP contribution < -0.4 is 11.1 Å². The Balaban J connectivity index is 2.03. The molecular formula is C9H18N2O. The maximum atomic E-state index is 11.1. The van der Waals surface area contributed by atoms with Crippen molar-refractivity contribution < 1.29 is 4.79 Å². The van der Waals surface area contributed by atoms with E-state index in [0.717, 1.165) is 25.7 Å². The van der Waals surface area contributed by atoms with Crippen LogP contribution >= 0.6 is 0 Å². The first kappa shape index (κ1) is 9.52. The molecular weight excluding hydrogens is 152 g/mol. The van der Waals surface area contributed by atoms with Crippen molar-refractivity contribution in [3.8, 4) is 0 Å². The SMILES string of the molecule is CCCC(N)CNC(=O)C1CC1. The molecule has 0 spiro atoms. The maximum Gasteiger partial charge on any atom is 0.223 e. The zero-order chi connectivity index (χ0) is 8.97. The van der Waals surface area contributed by atoms with Crippen molar-refractivity contribution in [2.24, 2.45) is 11.7 Å². The van der Waals surface area contributed by atoms with E-state index in [1.807, 2.05) is 0 Å². The molecule has 0 aromatic carbocycles. The van der Waals surface area contributed by atoms with Gasteiger partial charge in [0.25, 0.3) is 0 Å². The van der Waals surface area contributed by atoms with E-state index in [9.17, 15) is 4.79 Å². The van der Waals surface area contributed by atoms with E-state index in [4.69, 9.17) is 5.73 Å². The highest BCUT2D eigenvalue weighted by molar-refractivity contribution is 5.80. The van der Waals surface area contributed by atoms with Gasteiger partial charge in [0.05, 0.1) is 0 Å². The van der Waals surface area contributed by atoms with Crippen molar-refractivity contribution in [2.75, 3.05) is 6.54 Å². The van der Waals surface area contributed by atoms with Crippen LogP contribution in [0, 0.1) is 5.92 Å². The van der Waals surface area contributed by atoms with Crippen LogP contribution in [0.1, 0.15) is 32.6 Å². The second-order valence-corrected chi connectivity index (χ2v) is 3.57. The topological polar surface area (TPSA) is 55.1 Å². The van der Waals surface area contributed by atoms with Crippen LogP contribution in [0.25, 0.3) is 0 Å². The van der Waals surface area contributed by atoms with E-state index in [2.05, 4.69) is 12.2 Å². The van der Waals surface area contributed by atoms with E-state index in [-0.39, 0.29) is 11.9 Å². The molecule has 3 nitrogen and oxygen atoms in total. The Kier molecular flexibility index (Phi) is 3.53. The summed E-state index contributed by atoms with van der Waals surface area (Å²) < 4.78 is 0. The second kappa shape index (κ2) is 4.45. The molecule has 1 aliphatic rings. The number of hydrogen-bond donors (Lipinski definition) is 2. The summed E-state index contributed by atoms with van der Waals surface area (Å²) in [5, 5.41) is 2.87. The molecule has 0 radical (unpaired) electrons. The first-order chi connectivity index (χ1) is 5.74. The third-order valence-electron chi connectivity index (χ3n) is 2.15. The summed E-state index contributed by atoms with van der Waals surface area (Å²) in [5.41, 5.74) is 5.74. The number of carbonyl (C=O) groups is 1. The predicted octanol–water partition coefficient (Wildman–Crippen LogP) is 0.640. The normalized spacial score (nSPS) is 18.8. The lowest BCUT2D eigenvalue weighted by Gasteiger charge is -2.10. The Labute approximate surface area is 73.7 Å². The van der Waals surface area contributed by atoms with E-state index < -0.39 is 0 Å². The van der Waals surface area contributed by atoms with Gasteiger partial charge < -0.3 is 11.1 Å². The van der Waals surface area contributed by atoms with E-state index in [1.165, 1.54) is 0 Å². The zero-order valence-electron chi connectivity index (χ0n) is 7.68. The van der Waals surface area contributed by atoms with Gasteiger partial charge in [0.1, 0.15) is 0 Å². The van der Waals surface area contributed by atoms with Gasteiger partial charge in [-0.05, 0) is 19.3 Å². The van der Waals surface area contributed by atoms with Crippen LogP contribution in [0.15, 0.2) is 0 Å². The fourth-order valence-electron chi connectivity index (χ4n) is 1.19. The van der Waals surface area contributed by atoms with Gasteiger partial charge in [-0.15, -0.1) is 0 Å². The number of carbonyl (C=O) groups excluding carboxylic acids is 1. The van der Waals surface area contributed by atoms with Gasteiger partial charge in [-0.25, -0.2) is 0 Å². The average molecular weight is 170 g/mol. The highest BCUT2D eigenvalue weighted by Crippen LogP contribution is 2.28. The first-order valence-corrected chi connectivity index (χ1v) is 4.77. The first-order valence-electron chi connectivity index (χ1n) is 4.77. The molecule has 70 valence electrons. The Morgan fingerprint density at radius 1 is 1.67 bits per heavy atom. The van der Waals surface area contributed by atoms with Gasteiger partial charge in [0.15, 0.2) is 0 Å². The minimum atomic E-state index is 0.137. The molecule has 1 rings (SSSR count). The molecule has 0 aliphatic heterocycles. The molecule has 1 aliphatic carbocycles. The van der Waals surface area contributed by atoms with Gasteiger partial charge in [0, 0.05) is 18.5 Å². The maximum absolute atomic E-state index is 11.1. The van der Waals surface area contributed by atoms with E-state index >= 15 is 0 Å². The van der Waals surface area contributed by atoms with Gasteiger partial charge in [0.2, 0.25) is 5.91 Å². The van der Waals surface area contributed by atoms with E-state index in [1.54, 1.807) is 0 Å². The molecule has 0 bridgehead atoms. The Bertz CT molecular complexity index is 155. The third kappa shape index (κ3) is 3.22. The van der Waals surface area contributed by atoms with Gasteiger partial charge in [-0.1, -0.05) is 13.3 Å². The lowest BCUT2D eigenvalue weighted by molar-refractivity contribution is -0.122. The Hall–Kier alpha value is -0.570. The number of nitrogens with one attached hydrogen (secondary N) is 1. The smallest absolute Gasteiger partial charge is 0.223 e. The van der Waals surface area contributed by atoms with Crippen molar-refractivity contribution in [3.05, 3.63) is 0 Å². The molecule has 3 heteroatoms. The van der Waals surface area contributed by atoms with E-state index in [0.29, 0.717) is 12.5 Å². The number of nitrogens with two attached hydrogens (primary N) is 1. The summed E-state index contributed by atoms with van der Waals surface area (Å²) in [5.74, 6) is 0.500. The summed E-state index contributed by atoms with van der Waals surface area (Å²) in [7, 11) is 0. The summed E-state index contributed by atoms with van der Waals surface area (Å²) in [6, 6.07) is 0.137. The monoisotopic (exact) mass is 170 g/mol. The van der Waals surface area contributed by atoms with Crippen molar-refractivity contribution in [1.82, 2.24) is 5.32 Å². The summed E-state index contributed by atoms with van der Waals surface area (Å²) in [6.07, 6.45) is 4.20. The molecule has 0 aromatic rings. The number of amides is 1. The fourth-order valence-corrected chi connectivity index (χ4v) is 1.19. The molecule has 1 atom stereocenters. The fraction of sp³-hybridized carbons (Fsp3) is 0.889. The largest absolute Gasteiger partial charge is 0.354 e. The molecule has 12 heavy (non-hydrogen) atoms. The summed E-state index contributed by atoms with van der Waals surface area (Å²) in [6.45, 7) is 2.74. The van der Waals surface area contributed by atoms with Crippen LogP contribution in [0.3, 0.4) is 0 Å². The average Bonchev–Trinajstić information content (AvgIpc) is 2.83. The zero-order valence-corrected chi connectivity index (χ0v) is 7.68. The molecule has 3 N–H and O–H groups in total. The quantitative estimate of drug-likeness (QED) is 0.636. The standard InChI is InChI=1S/C9H18N2O/c1-2-3-8(10)6-11-9(12)7-4-5-7/h7-8H,2-6,10H2,1H3,(H,11,12). The molecule has 0 saturated heterocycles. The lowest BCUT2D eigenvalue weighted by Crippen LogP contribution is -2.37. The summed E-state index contributed by atoms with van der Waals surface area (Å²) in [4.78, 5) is 11.1. The molecule has 0 heterocycles. The van der Waals surface area contributed by atoms with Crippen molar-refractivity contribution >= 4 is 5.91 Å². The second-order valence-electron chi connectivity index (χ2n) is 3.57. The van der Waals surface area contributed by atoms with Crippen LogP contribution in [0.5, 0.6) is 0 Å². The highest BCUT2D eigenvalue weighted by atomic mass is 16.2. The van der Waals surface area contributed by atoms with Crippen LogP contribution in [0.2, 0.25) is 0 Å². The minimum absolute atomic E-state index is 0.137. The van der Waals surface area contributed by atoms with Gasteiger partial charge >= 0.3 is 0 Å². The van der Waals surface area contributed by atoms with Gasteiger partial charge in [-0.2, -0.15) is 0 Å². The highest BCUT2D eigenvalue weighted by Gasteiger charge is 2.29. The number of hydrogen-bond acceptors (Lipinski definition) is 2. The van der Waals surface area contributed by atoms with Crippen LogP contribution in [-0.4, -0.2) is 18.5 Å². The lowest BCUT2D eigenvalue weighted by atomic mass is 10.2. The van der Waals surface area contributed by atoms with Crippen LogP contribution in [-0.2, 0) is 4.79 Å². The summed E-state index contributed by atoms with van der Waals surface area (Å²) >= 11 is 0. The van der Waals surface area contributed by atoms with Gasteiger partial charge in [-0.3, -0.25) is 4.79 Å². The molecule has 0 aromatic heterocycles. The predicted molar refractivity (Wildman–Crippen MR) is 48.6 cm³/mol. The molecule has 1 saturated carbocycles. The molecule has 1 unspecified atom stereocenters. The van der Waals surface area contributed by atoms with Crippen molar-refractivity contribution in [2.45, 2.75) is 38.6 Å². The van der Waals surface area contributed by atoms with Crippen molar-refractivity contribution in [1.29, 1.82) is 0 Å². The van der Waals surface area contributed by atoms with Crippen LogP contribution in [0.4, 0.5) is 0 Å². The third-order valence-corrected chi connectivity index (χ3v) is 2.15. The minimum Gasteiger partial charge on any atom is -0.354 e. The Morgan fingerprint density at radius 2 is 2.33 bits per heavy atom. The molecule has 1 amide bonds. The Morgan fingerprint density at radius 3 is 2.83 bits per heavy atom. The number of rotatable bonds is 5. The molecule has 1 fully saturated rings. The van der Waals surface area contributed by atoms with Crippen molar-refractivity contribution in [3.63, 3.8) is 0 Å².